The van der Waals surface area contributed by atoms with Crippen LogP contribution in [-0.2, 0) is 0 Å². The average molecular weight is 838 g/mol. The van der Waals surface area contributed by atoms with Crippen LogP contribution in [0.15, 0.2) is 118 Å². The minimum absolute atomic E-state index is 0.0587. The number of halogens is 2. The Morgan fingerprint density at radius 2 is 0.778 bits per heavy atom. The summed E-state index contributed by atoms with van der Waals surface area (Å²) >= 11 is 7.43. The van der Waals surface area contributed by atoms with Crippen LogP contribution < -0.4 is 0 Å². The van der Waals surface area contributed by atoms with Crippen molar-refractivity contribution in [3.8, 4) is 0 Å². The zero-order chi connectivity index (χ0) is 37.7. The van der Waals surface area contributed by atoms with Crippen molar-refractivity contribution in [2.75, 3.05) is 0 Å². The van der Waals surface area contributed by atoms with Crippen LogP contribution in [0, 0.1) is 0 Å². The lowest BCUT2D eigenvalue weighted by Gasteiger charge is -2.18. The zero-order valence-corrected chi connectivity index (χ0v) is 30.7. The standard InChI is InChI=1S/C24H12O8.C20H10Br2/c25-21(26)13-5-1-9-10-2-6-15(23(29)30)20-16(24(31)32)8-4-12(18(10)20)11-3-7-14(22(27)28)19(13)17(9)11;21-13-9-12-4-2-6-15-18(12)16(10-13)14-5-1-3-11-7-8-17(22)20(15)19(11)14/h1-8H,(H,25,26)(H,27,28)(H,29,30)(H,31,32);1-10H. The molecule has 0 aromatic heterocycles. The first-order valence-corrected chi connectivity index (χ1v) is 18.1. The summed E-state index contributed by atoms with van der Waals surface area (Å²) in [5.74, 6) is -5.13. The SMILES string of the molecule is Brc1cc2cccc3c4c(Br)ccc5cccc(c(c1)c23)c54.O=C(O)c1ccc2c3ccc(C(=O)O)c4c(C(=O)O)ccc(c5ccc(C(=O)O)c1c25)c43. The van der Waals surface area contributed by atoms with Gasteiger partial charge in [-0.3, -0.25) is 0 Å². The van der Waals surface area contributed by atoms with Gasteiger partial charge < -0.3 is 20.4 Å². The van der Waals surface area contributed by atoms with Crippen LogP contribution in [-0.4, -0.2) is 44.3 Å². The van der Waals surface area contributed by atoms with E-state index < -0.39 is 23.9 Å². The number of carboxylic acid groups (broad SMARTS) is 4. The average Bonchev–Trinajstić information content (AvgIpc) is 3.15. The Hall–Kier alpha value is -6.36. The van der Waals surface area contributed by atoms with E-state index in [-0.39, 0.29) is 33.0 Å². The molecule has 260 valence electrons. The fraction of sp³-hybridized carbons (Fsp3) is 0. The number of fused-ring (bicyclic) bond motifs is 4. The molecule has 8 nitrogen and oxygen atoms in total. The minimum Gasteiger partial charge on any atom is -0.478 e. The highest BCUT2D eigenvalue weighted by atomic mass is 79.9. The summed E-state index contributed by atoms with van der Waals surface area (Å²) in [6.45, 7) is 0. The van der Waals surface area contributed by atoms with Crippen LogP contribution in [0.4, 0.5) is 0 Å². The van der Waals surface area contributed by atoms with Gasteiger partial charge in [-0.15, -0.1) is 0 Å². The molecule has 0 bridgehead atoms. The molecule has 0 aliphatic carbocycles. The maximum Gasteiger partial charge on any atom is 0.336 e. The molecule has 0 amide bonds. The third kappa shape index (κ3) is 4.73. The number of hydrogen-bond acceptors (Lipinski definition) is 4. The molecule has 0 spiro atoms. The Balaban J connectivity index is 0.000000152. The van der Waals surface area contributed by atoms with Gasteiger partial charge in [0.1, 0.15) is 0 Å². The van der Waals surface area contributed by atoms with E-state index in [2.05, 4.69) is 92.5 Å². The monoisotopic (exact) mass is 836 g/mol. The van der Waals surface area contributed by atoms with Crippen LogP contribution >= 0.6 is 31.9 Å². The first-order chi connectivity index (χ1) is 26.0. The molecule has 4 N–H and O–H groups in total. The molecule has 0 unspecified atom stereocenters. The van der Waals surface area contributed by atoms with Gasteiger partial charge in [-0.25, -0.2) is 19.2 Å². The van der Waals surface area contributed by atoms with Gasteiger partial charge in [0.15, 0.2) is 0 Å². The number of carboxylic acids is 4. The summed E-state index contributed by atoms with van der Waals surface area (Å²) in [7, 11) is 0. The van der Waals surface area contributed by atoms with Gasteiger partial charge in [-0.05, 0) is 112 Å². The molecule has 10 aromatic rings. The number of carbonyl (C=O) groups is 4. The van der Waals surface area contributed by atoms with Crippen LogP contribution in [0.25, 0.3) is 86.2 Å². The number of benzene rings is 10. The Kier molecular flexibility index (Phi) is 7.49. The molecule has 0 saturated carbocycles. The normalized spacial score (nSPS) is 11.7. The van der Waals surface area contributed by atoms with E-state index in [9.17, 15) is 39.6 Å². The van der Waals surface area contributed by atoms with Crippen LogP contribution in [0.1, 0.15) is 41.4 Å². The second-order valence-corrected chi connectivity index (χ2v) is 14.8. The van der Waals surface area contributed by atoms with Crippen molar-refractivity contribution >= 4 is 142 Å². The summed E-state index contributed by atoms with van der Waals surface area (Å²) in [6.07, 6.45) is 0. The molecule has 10 aromatic carbocycles. The van der Waals surface area contributed by atoms with Crippen LogP contribution in [0.2, 0.25) is 0 Å². The van der Waals surface area contributed by atoms with E-state index in [1.54, 1.807) is 0 Å². The summed E-state index contributed by atoms with van der Waals surface area (Å²) in [5, 5.41) is 52.2. The van der Waals surface area contributed by atoms with E-state index in [1.807, 2.05) is 0 Å². The predicted molar refractivity (Wildman–Crippen MR) is 219 cm³/mol. The molecule has 10 heteroatoms. The van der Waals surface area contributed by atoms with Crippen molar-refractivity contribution in [3.63, 3.8) is 0 Å². The van der Waals surface area contributed by atoms with Gasteiger partial charge in [0.05, 0.1) is 22.3 Å². The molecule has 54 heavy (non-hydrogen) atoms. The highest BCUT2D eigenvalue weighted by Crippen LogP contribution is 2.45. The van der Waals surface area contributed by atoms with Gasteiger partial charge in [-0.2, -0.15) is 0 Å². The third-order valence-corrected chi connectivity index (χ3v) is 11.4. The Labute approximate surface area is 320 Å². The lowest BCUT2D eigenvalue weighted by atomic mass is 9.84. The van der Waals surface area contributed by atoms with Crippen molar-refractivity contribution in [1.29, 1.82) is 0 Å². The molecule has 0 heterocycles. The molecular formula is C44H22Br2O8. The number of hydrogen-bond donors (Lipinski definition) is 4. The van der Waals surface area contributed by atoms with E-state index in [0.29, 0.717) is 32.3 Å². The quantitative estimate of drug-likeness (QED) is 0.101. The first kappa shape index (κ1) is 33.5. The van der Waals surface area contributed by atoms with Gasteiger partial charge in [-0.1, -0.05) is 98.6 Å². The van der Waals surface area contributed by atoms with Crippen molar-refractivity contribution in [1.82, 2.24) is 0 Å². The fourth-order valence-electron chi connectivity index (χ4n) is 8.26. The largest absolute Gasteiger partial charge is 0.478 e. The van der Waals surface area contributed by atoms with Gasteiger partial charge in [0.25, 0.3) is 0 Å². The summed E-state index contributed by atoms with van der Waals surface area (Å²) in [5.41, 5.74) is -0.696. The molecule has 0 aliphatic heterocycles. The maximum atomic E-state index is 11.9. The first-order valence-electron chi connectivity index (χ1n) is 16.5. The predicted octanol–water partition coefficient (Wildman–Crippen LogP) is 11.8. The maximum absolute atomic E-state index is 11.9. The minimum atomic E-state index is -1.28. The van der Waals surface area contributed by atoms with Crippen LogP contribution in [0.5, 0.6) is 0 Å². The van der Waals surface area contributed by atoms with E-state index in [4.69, 9.17) is 0 Å². The topological polar surface area (TPSA) is 149 Å². The van der Waals surface area contributed by atoms with Crippen molar-refractivity contribution in [2.45, 2.75) is 0 Å². The molecule has 0 radical (unpaired) electrons. The molecule has 10 rings (SSSR count). The van der Waals surface area contributed by atoms with E-state index in [0.717, 1.165) is 8.95 Å². The van der Waals surface area contributed by atoms with Gasteiger partial charge in [0, 0.05) is 25.1 Å². The summed E-state index contributed by atoms with van der Waals surface area (Å²) < 4.78 is 2.29. The Morgan fingerprint density at radius 1 is 0.352 bits per heavy atom. The smallest absolute Gasteiger partial charge is 0.336 e. The Morgan fingerprint density at radius 3 is 1.24 bits per heavy atom. The molecule has 0 aliphatic rings. The van der Waals surface area contributed by atoms with E-state index in [1.165, 1.54) is 91.6 Å². The summed E-state index contributed by atoms with van der Waals surface area (Å²) in [6, 6.07) is 33.3. The number of rotatable bonds is 4. The van der Waals surface area contributed by atoms with Crippen molar-refractivity contribution < 1.29 is 39.6 Å². The molecule has 0 saturated heterocycles. The second-order valence-electron chi connectivity index (χ2n) is 13.0. The summed E-state index contributed by atoms with van der Waals surface area (Å²) in [4.78, 5) is 47.5. The van der Waals surface area contributed by atoms with Crippen molar-refractivity contribution in [2.24, 2.45) is 0 Å². The zero-order valence-electron chi connectivity index (χ0n) is 27.6. The lowest BCUT2D eigenvalue weighted by Crippen LogP contribution is -2.07. The fourth-order valence-corrected chi connectivity index (χ4v) is 9.27. The molecular weight excluding hydrogens is 816 g/mol. The molecule has 0 atom stereocenters. The van der Waals surface area contributed by atoms with E-state index >= 15 is 0 Å². The highest BCUT2D eigenvalue weighted by molar-refractivity contribution is 9.11. The van der Waals surface area contributed by atoms with Gasteiger partial charge >= 0.3 is 23.9 Å². The van der Waals surface area contributed by atoms with Crippen molar-refractivity contribution in [3.05, 3.63) is 140 Å². The third-order valence-electron chi connectivity index (χ3n) is 10.3. The molecule has 0 fully saturated rings. The second kappa shape index (κ2) is 12.1. The van der Waals surface area contributed by atoms with Crippen LogP contribution in [0.3, 0.4) is 0 Å². The van der Waals surface area contributed by atoms with Gasteiger partial charge in [0.2, 0.25) is 0 Å². The lowest BCUT2D eigenvalue weighted by molar-refractivity contribution is 0.0681. The highest BCUT2D eigenvalue weighted by Gasteiger charge is 2.25. The Bertz CT molecular complexity index is 3070. The number of aromatic carboxylic acids is 4.